The SMILES string of the molecule is COC(=O)c1cccc2nc(OCC(F)F)n(Cc3ccc(-c4ccccc4C#N)cc3)c12. The first-order valence-electron chi connectivity index (χ1n) is 10.1. The van der Waals surface area contributed by atoms with Gasteiger partial charge < -0.3 is 9.47 Å². The van der Waals surface area contributed by atoms with Gasteiger partial charge in [0.1, 0.15) is 0 Å². The molecule has 0 amide bonds. The van der Waals surface area contributed by atoms with Crippen LogP contribution in [0.4, 0.5) is 8.78 Å². The van der Waals surface area contributed by atoms with E-state index in [0.29, 0.717) is 16.6 Å². The van der Waals surface area contributed by atoms with Gasteiger partial charge in [-0.25, -0.2) is 13.6 Å². The minimum Gasteiger partial charge on any atom is -0.465 e. The maximum atomic E-state index is 12.8. The van der Waals surface area contributed by atoms with E-state index < -0.39 is 19.0 Å². The van der Waals surface area contributed by atoms with Crippen LogP contribution in [0.3, 0.4) is 0 Å². The lowest BCUT2D eigenvalue weighted by Gasteiger charge is -2.12. The highest BCUT2D eigenvalue weighted by Crippen LogP contribution is 2.28. The molecule has 6 nitrogen and oxygen atoms in total. The highest BCUT2D eigenvalue weighted by atomic mass is 19.3. The molecule has 0 unspecified atom stereocenters. The summed E-state index contributed by atoms with van der Waals surface area (Å²) < 4.78 is 37.3. The van der Waals surface area contributed by atoms with Crippen LogP contribution in [0.25, 0.3) is 22.2 Å². The first-order chi connectivity index (χ1) is 16.0. The van der Waals surface area contributed by atoms with Crippen LogP contribution in [0.15, 0.2) is 66.7 Å². The Bertz CT molecular complexity index is 1340. The number of esters is 1. The molecule has 0 radical (unpaired) electrons. The predicted molar refractivity (Wildman–Crippen MR) is 118 cm³/mol. The third-order valence-corrected chi connectivity index (χ3v) is 5.13. The van der Waals surface area contributed by atoms with Gasteiger partial charge in [-0.3, -0.25) is 4.57 Å². The Labute approximate surface area is 188 Å². The van der Waals surface area contributed by atoms with Crippen molar-refractivity contribution in [2.45, 2.75) is 13.0 Å². The largest absolute Gasteiger partial charge is 0.465 e. The summed E-state index contributed by atoms with van der Waals surface area (Å²) in [5.41, 5.74) is 4.21. The van der Waals surface area contributed by atoms with Crippen molar-refractivity contribution in [3.63, 3.8) is 0 Å². The van der Waals surface area contributed by atoms with Crippen molar-refractivity contribution in [2.24, 2.45) is 0 Å². The van der Waals surface area contributed by atoms with E-state index in [2.05, 4.69) is 11.1 Å². The normalized spacial score (nSPS) is 10.9. The summed E-state index contributed by atoms with van der Waals surface area (Å²) in [5, 5.41) is 9.35. The standard InChI is InChI=1S/C25H19F2N3O3/c1-32-24(31)20-7-4-8-21-23(20)30(25(29-21)33-15-22(26)27)14-16-9-11-17(12-10-16)19-6-3-2-5-18(19)13-28/h2-12,22H,14-15H2,1H3. The minimum atomic E-state index is -2.67. The van der Waals surface area contributed by atoms with Crippen LogP contribution in [0.5, 0.6) is 6.01 Å². The smallest absolute Gasteiger partial charge is 0.340 e. The van der Waals surface area contributed by atoms with E-state index in [0.717, 1.165) is 16.7 Å². The molecular weight excluding hydrogens is 428 g/mol. The number of ether oxygens (including phenoxy) is 2. The molecule has 33 heavy (non-hydrogen) atoms. The van der Waals surface area contributed by atoms with Gasteiger partial charge in [0.25, 0.3) is 12.4 Å². The predicted octanol–water partition coefficient (Wildman–Crippen LogP) is 5.05. The first kappa shape index (κ1) is 22.0. The lowest BCUT2D eigenvalue weighted by atomic mass is 9.99. The molecule has 166 valence electrons. The summed E-state index contributed by atoms with van der Waals surface area (Å²) in [7, 11) is 1.27. The monoisotopic (exact) mass is 447 g/mol. The fourth-order valence-electron chi connectivity index (χ4n) is 3.64. The number of imidazole rings is 1. The van der Waals surface area contributed by atoms with Crippen LogP contribution in [0.2, 0.25) is 0 Å². The second kappa shape index (κ2) is 9.49. The molecule has 0 fully saturated rings. The molecule has 0 aliphatic carbocycles. The quantitative estimate of drug-likeness (QED) is 0.371. The van der Waals surface area contributed by atoms with E-state index in [4.69, 9.17) is 9.47 Å². The van der Waals surface area contributed by atoms with Crippen LogP contribution >= 0.6 is 0 Å². The third kappa shape index (κ3) is 4.53. The van der Waals surface area contributed by atoms with Gasteiger partial charge in [0.15, 0.2) is 6.61 Å². The maximum Gasteiger partial charge on any atom is 0.340 e. The fraction of sp³-hybridized carbons (Fsp3) is 0.160. The Morgan fingerprint density at radius 3 is 2.55 bits per heavy atom. The number of rotatable bonds is 7. The molecule has 0 saturated heterocycles. The van der Waals surface area contributed by atoms with Gasteiger partial charge in [-0.15, -0.1) is 0 Å². The van der Waals surface area contributed by atoms with Gasteiger partial charge in [0.2, 0.25) is 0 Å². The summed E-state index contributed by atoms with van der Waals surface area (Å²) in [6.07, 6.45) is -2.67. The Balaban J connectivity index is 1.74. The summed E-state index contributed by atoms with van der Waals surface area (Å²) in [6.45, 7) is -0.593. The molecule has 0 aliphatic rings. The number of benzene rings is 3. The Hall–Kier alpha value is -4.25. The molecule has 0 aliphatic heterocycles. The van der Waals surface area contributed by atoms with Crippen molar-refractivity contribution in [3.8, 4) is 23.2 Å². The molecule has 0 bridgehead atoms. The Morgan fingerprint density at radius 2 is 1.85 bits per heavy atom. The van der Waals surface area contributed by atoms with Crippen LogP contribution in [-0.2, 0) is 11.3 Å². The van der Waals surface area contributed by atoms with Gasteiger partial charge in [0, 0.05) is 0 Å². The van der Waals surface area contributed by atoms with E-state index in [1.54, 1.807) is 34.9 Å². The van der Waals surface area contributed by atoms with Gasteiger partial charge >= 0.3 is 5.97 Å². The fourth-order valence-corrected chi connectivity index (χ4v) is 3.64. The van der Waals surface area contributed by atoms with Crippen molar-refractivity contribution in [1.82, 2.24) is 9.55 Å². The zero-order valence-electron chi connectivity index (χ0n) is 17.7. The van der Waals surface area contributed by atoms with Gasteiger partial charge in [-0.1, -0.05) is 48.5 Å². The first-order valence-corrected chi connectivity index (χ1v) is 10.1. The van der Waals surface area contributed by atoms with Gasteiger partial charge in [0.05, 0.1) is 41.9 Å². The molecular formula is C25H19F2N3O3. The number of alkyl halides is 2. The molecule has 1 aromatic heterocycles. The highest BCUT2D eigenvalue weighted by Gasteiger charge is 2.20. The molecule has 0 N–H and O–H groups in total. The lowest BCUT2D eigenvalue weighted by molar-refractivity contribution is 0.0601. The number of carbonyl (C=O) groups excluding carboxylic acids is 1. The van der Waals surface area contributed by atoms with Crippen LogP contribution in [-0.4, -0.2) is 35.7 Å². The molecule has 1 heterocycles. The Morgan fingerprint density at radius 1 is 1.09 bits per heavy atom. The average Bonchev–Trinajstić information content (AvgIpc) is 3.20. The van der Waals surface area contributed by atoms with Gasteiger partial charge in [-0.2, -0.15) is 10.2 Å². The second-order valence-electron chi connectivity index (χ2n) is 7.20. The number of hydrogen-bond donors (Lipinski definition) is 0. The number of aromatic nitrogens is 2. The third-order valence-electron chi connectivity index (χ3n) is 5.13. The van der Waals surface area contributed by atoms with Crippen LogP contribution < -0.4 is 4.74 Å². The van der Waals surface area contributed by atoms with Crippen LogP contribution in [0, 0.1) is 11.3 Å². The number of halogens is 2. The average molecular weight is 447 g/mol. The Kier molecular flexibility index (Phi) is 6.31. The number of hydrogen-bond acceptors (Lipinski definition) is 5. The highest BCUT2D eigenvalue weighted by molar-refractivity contribution is 6.02. The van der Waals surface area contributed by atoms with Crippen molar-refractivity contribution >= 4 is 17.0 Å². The molecule has 0 spiro atoms. The molecule has 8 heteroatoms. The minimum absolute atomic E-state index is 0.0134. The second-order valence-corrected chi connectivity index (χ2v) is 7.20. The van der Waals surface area contributed by atoms with E-state index in [9.17, 15) is 18.8 Å². The summed E-state index contributed by atoms with van der Waals surface area (Å²) in [5.74, 6) is -0.564. The summed E-state index contributed by atoms with van der Waals surface area (Å²) in [4.78, 5) is 16.6. The number of methoxy groups -OCH3 is 1. The number of nitrogens with zero attached hydrogens (tertiary/aromatic N) is 3. The molecule has 0 atom stereocenters. The number of para-hydroxylation sites is 1. The number of nitriles is 1. The van der Waals surface area contributed by atoms with Crippen molar-refractivity contribution in [3.05, 3.63) is 83.4 Å². The number of carbonyl (C=O) groups is 1. The summed E-state index contributed by atoms with van der Waals surface area (Å²) in [6, 6.07) is 21.9. The van der Waals surface area contributed by atoms with E-state index in [1.807, 2.05) is 36.4 Å². The van der Waals surface area contributed by atoms with Crippen molar-refractivity contribution in [2.75, 3.05) is 13.7 Å². The lowest BCUT2D eigenvalue weighted by Crippen LogP contribution is -2.13. The zero-order chi connectivity index (χ0) is 23.4. The van der Waals surface area contributed by atoms with Crippen molar-refractivity contribution < 1.29 is 23.0 Å². The summed E-state index contributed by atoms with van der Waals surface area (Å²) >= 11 is 0. The topological polar surface area (TPSA) is 77.1 Å². The molecule has 0 saturated carbocycles. The van der Waals surface area contributed by atoms with Crippen LogP contribution in [0.1, 0.15) is 21.5 Å². The number of fused-ring (bicyclic) bond motifs is 1. The maximum absolute atomic E-state index is 12.8. The van der Waals surface area contributed by atoms with Gasteiger partial charge in [-0.05, 0) is 34.9 Å². The van der Waals surface area contributed by atoms with Crippen molar-refractivity contribution in [1.29, 1.82) is 5.26 Å². The van der Waals surface area contributed by atoms with E-state index in [1.165, 1.54) is 7.11 Å². The zero-order valence-corrected chi connectivity index (χ0v) is 17.7. The molecule has 4 rings (SSSR count). The van der Waals surface area contributed by atoms with E-state index >= 15 is 0 Å². The molecule has 4 aromatic rings. The van der Waals surface area contributed by atoms with E-state index in [-0.39, 0.29) is 18.1 Å². The molecule has 3 aromatic carbocycles.